The summed E-state index contributed by atoms with van der Waals surface area (Å²) in [5, 5.41) is 6.01. The predicted octanol–water partition coefficient (Wildman–Crippen LogP) is 4.83. The number of benzene rings is 2. The maximum absolute atomic E-state index is 12.9. The van der Waals surface area contributed by atoms with Crippen molar-refractivity contribution in [2.24, 2.45) is 0 Å². The Morgan fingerprint density at radius 3 is 2.16 bits per heavy atom. The Kier molecular flexibility index (Phi) is 4.75. The number of hydrogen-bond acceptors (Lipinski definition) is 3. The molecule has 0 aliphatic heterocycles. The first-order chi connectivity index (χ1) is 12.0. The van der Waals surface area contributed by atoms with Crippen LogP contribution in [-0.4, -0.2) is 10.9 Å². The molecule has 0 saturated heterocycles. The van der Waals surface area contributed by atoms with Crippen LogP contribution in [-0.2, 0) is 0 Å². The van der Waals surface area contributed by atoms with Crippen molar-refractivity contribution in [1.29, 1.82) is 0 Å². The summed E-state index contributed by atoms with van der Waals surface area (Å²) in [6, 6.07) is 15.1. The molecule has 0 spiro atoms. The first-order valence-corrected chi connectivity index (χ1v) is 7.89. The molecule has 2 aromatic carbocycles. The Labute approximate surface area is 145 Å². The fourth-order valence-corrected chi connectivity index (χ4v) is 2.49. The molecule has 2 N–H and O–H groups in total. The lowest BCUT2D eigenvalue weighted by Crippen LogP contribution is -2.13. The minimum atomic E-state index is -0.349. The van der Waals surface area contributed by atoms with Crippen LogP contribution in [0.25, 0.3) is 0 Å². The van der Waals surface area contributed by atoms with Crippen LogP contribution in [0.1, 0.15) is 21.6 Å². The number of aryl methyl sites for hydroxylation is 2. The Balaban J connectivity index is 1.71. The summed E-state index contributed by atoms with van der Waals surface area (Å²) in [6.45, 7) is 4.07. The number of carbonyl (C=O) groups is 1. The van der Waals surface area contributed by atoms with Crippen LogP contribution in [0.5, 0.6) is 0 Å². The minimum absolute atomic E-state index is 0.288. The lowest BCUT2D eigenvalue weighted by molar-refractivity contribution is 0.102. The summed E-state index contributed by atoms with van der Waals surface area (Å²) in [5.41, 5.74) is 4.92. The third-order valence-corrected chi connectivity index (χ3v) is 3.85. The number of aromatic nitrogens is 1. The zero-order chi connectivity index (χ0) is 17.8. The fraction of sp³-hybridized carbons (Fsp3) is 0.100. The van der Waals surface area contributed by atoms with Crippen LogP contribution in [0.15, 0.2) is 60.8 Å². The quantitative estimate of drug-likeness (QED) is 0.718. The van der Waals surface area contributed by atoms with E-state index >= 15 is 0 Å². The second kappa shape index (κ2) is 7.13. The number of carbonyl (C=O) groups excluding carboxylic acids is 1. The summed E-state index contributed by atoms with van der Waals surface area (Å²) in [7, 11) is 0. The summed E-state index contributed by atoms with van der Waals surface area (Å²) in [5.74, 6) is -0.691. The third-order valence-electron chi connectivity index (χ3n) is 3.85. The Bertz CT molecular complexity index is 870. The van der Waals surface area contributed by atoms with E-state index in [-0.39, 0.29) is 17.4 Å². The van der Waals surface area contributed by atoms with Gasteiger partial charge in [-0.25, -0.2) is 9.37 Å². The molecular formula is C20H18FN3O. The van der Waals surface area contributed by atoms with Crippen molar-refractivity contribution in [3.8, 4) is 0 Å². The standard InChI is InChI=1S/C20H18FN3O/c1-13-4-3-5-14(2)19(13)23-17-10-11-18(22-12-17)20(25)24-16-8-6-15(21)7-9-16/h3-12,23H,1-2H3,(H,24,25). The van der Waals surface area contributed by atoms with E-state index in [1.807, 2.05) is 32.0 Å². The van der Waals surface area contributed by atoms with E-state index in [2.05, 4.69) is 15.6 Å². The van der Waals surface area contributed by atoms with Crippen molar-refractivity contribution in [2.75, 3.05) is 10.6 Å². The van der Waals surface area contributed by atoms with Crippen LogP contribution >= 0.6 is 0 Å². The van der Waals surface area contributed by atoms with E-state index in [0.717, 1.165) is 22.5 Å². The second-order valence-electron chi connectivity index (χ2n) is 5.78. The minimum Gasteiger partial charge on any atom is -0.354 e. The third kappa shape index (κ3) is 4.01. The van der Waals surface area contributed by atoms with Gasteiger partial charge in [-0.05, 0) is 61.4 Å². The van der Waals surface area contributed by atoms with E-state index in [1.54, 1.807) is 18.3 Å². The normalized spacial score (nSPS) is 10.4. The number of pyridine rings is 1. The highest BCUT2D eigenvalue weighted by atomic mass is 19.1. The maximum atomic E-state index is 12.9. The second-order valence-corrected chi connectivity index (χ2v) is 5.78. The van der Waals surface area contributed by atoms with Crippen LogP contribution in [0.2, 0.25) is 0 Å². The first kappa shape index (κ1) is 16.6. The highest BCUT2D eigenvalue weighted by molar-refractivity contribution is 6.02. The van der Waals surface area contributed by atoms with Crippen molar-refractivity contribution in [3.05, 3.63) is 83.4 Å². The average Bonchev–Trinajstić information content (AvgIpc) is 2.61. The molecule has 4 nitrogen and oxygen atoms in total. The fourth-order valence-electron chi connectivity index (χ4n) is 2.49. The smallest absolute Gasteiger partial charge is 0.274 e. The van der Waals surface area contributed by atoms with Gasteiger partial charge in [-0.15, -0.1) is 0 Å². The largest absolute Gasteiger partial charge is 0.354 e. The molecule has 25 heavy (non-hydrogen) atoms. The highest BCUT2D eigenvalue weighted by Crippen LogP contribution is 2.24. The molecule has 1 heterocycles. The topological polar surface area (TPSA) is 54.0 Å². The number of nitrogens with one attached hydrogen (secondary N) is 2. The lowest BCUT2D eigenvalue weighted by atomic mass is 10.1. The molecule has 0 bridgehead atoms. The molecule has 126 valence electrons. The number of hydrogen-bond donors (Lipinski definition) is 2. The lowest BCUT2D eigenvalue weighted by Gasteiger charge is -2.12. The number of anilines is 3. The van der Waals surface area contributed by atoms with Crippen molar-refractivity contribution in [3.63, 3.8) is 0 Å². The SMILES string of the molecule is Cc1cccc(C)c1Nc1ccc(C(=O)Nc2ccc(F)cc2)nc1. The number of halogens is 1. The summed E-state index contributed by atoms with van der Waals surface area (Å²) < 4.78 is 12.9. The zero-order valence-corrected chi connectivity index (χ0v) is 14.0. The van der Waals surface area contributed by atoms with Crippen LogP contribution in [0.3, 0.4) is 0 Å². The van der Waals surface area contributed by atoms with Crippen molar-refractivity contribution < 1.29 is 9.18 Å². The van der Waals surface area contributed by atoms with Gasteiger partial charge < -0.3 is 10.6 Å². The number of para-hydroxylation sites is 1. The monoisotopic (exact) mass is 335 g/mol. The molecule has 0 fully saturated rings. The maximum Gasteiger partial charge on any atom is 0.274 e. The first-order valence-electron chi connectivity index (χ1n) is 7.89. The van der Waals surface area contributed by atoms with E-state index in [1.165, 1.54) is 24.3 Å². The Morgan fingerprint density at radius 1 is 0.920 bits per heavy atom. The van der Waals surface area contributed by atoms with Gasteiger partial charge in [0.25, 0.3) is 5.91 Å². The molecule has 5 heteroatoms. The molecule has 0 atom stereocenters. The van der Waals surface area contributed by atoms with Crippen molar-refractivity contribution in [1.82, 2.24) is 4.98 Å². The van der Waals surface area contributed by atoms with Crippen molar-refractivity contribution in [2.45, 2.75) is 13.8 Å². The molecule has 3 rings (SSSR count). The van der Waals surface area contributed by atoms with Gasteiger partial charge in [0.05, 0.1) is 11.9 Å². The van der Waals surface area contributed by atoms with Gasteiger partial charge in [0.2, 0.25) is 0 Å². The molecule has 1 amide bonds. The van der Waals surface area contributed by atoms with Gasteiger partial charge in [0.15, 0.2) is 0 Å². The molecule has 0 unspecified atom stereocenters. The van der Waals surface area contributed by atoms with Crippen LogP contribution in [0.4, 0.5) is 21.5 Å². The average molecular weight is 335 g/mol. The van der Waals surface area contributed by atoms with Gasteiger partial charge in [0.1, 0.15) is 11.5 Å². The molecule has 0 aliphatic rings. The Morgan fingerprint density at radius 2 is 1.56 bits per heavy atom. The number of nitrogens with zero attached hydrogens (tertiary/aromatic N) is 1. The summed E-state index contributed by atoms with van der Waals surface area (Å²) in [4.78, 5) is 16.4. The summed E-state index contributed by atoms with van der Waals surface area (Å²) in [6.07, 6.45) is 1.62. The van der Waals surface area contributed by atoms with Gasteiger partial charge in [-0.1, -0.05) is 18.2 Å². The summed E-state index contributed by atoms with van der Waals surface area (Å²) >= 11 is 0. The zero-order valence-electron chi connectivity index (χ0n) is 14.0. The van der Waals surface area contributed by atoms with Gasteiger partial charge >= 0.3 is 0 Å². The Hall–Kier alpha value is -3.21. The highest BCUT2D eigenvalue weighted by Gasteiger charge is 2.09. The van der Waals surface area contributed by atoms with E-state index in [0.29, 0.717) is 5.69 Å². The van der Waals surface area contributed by atoms with Gasteiger partial charge in [0, 0.05) is 11.4 Å². The van der Waals surface area contributed by atoms with Gasteiger partial charge in [-0.2, -0.15) is 0 Å². The van der Waals surface area contributed by atoms with E-state index in [9.17, 15) is 9.18 Å². The van der Waals surface area contributed by atoms with Crippen LogP contribution < -0.4 is 10.6 Å². The molecule has 3 aromatic rings. The van der Waals surface area contributed by atoms with Gasteiger partial charge in [-0.3, -0.25) is 4.79 Å². The molecule has 0 radical (unpaired) electrons. The number of amides is 1. The molecule has 0 saturated carbocycles. The van der Waals surface area contributed by atoms with E-state index < -0.39 is 0 Å². The predicted molar refractivity (Wildman–Crippen MR) is 97.8 cm³/mol. The van der Waals surface area contributed by atoms with Crippen molar-refractivity contribution >= 4 is 23.0 Å². The molecule has 0 aliphatic carbocycles. The van der Waals surface area contributed by atoms with Crippen LogP contribution in [0, 0.1) is 19.7 Å². The van der Waals surface area contributed by atoms with E-state index in [4.69, 9.17) is 0 Å². The number of rotatable bonds is 4. The molecular weight excluding hydrogens is 317 g/mol. The molecule has 1 aromatic heterocycles.